The molecule has 2 atom stereocenters. The number of carbonyl (C=O) groups is 2. The lowest BCUT2D eigenvalue weighted by atomic mass is 9.87. The van der Waals surface area contributed by atoms with E-state index in [-0.39, 0.29) is 11.0 Å². The van der Waals surface area contributed by atoms with E-state index in [0.29, 0.717) is 28.9 Å². The molecule has 1 aliphatic rings. The predicted molar refractivity (Wildman–Crippen MR) is 156 cm³/mol. The van der Waals surface area contributed by atoms with Gasteiger partial charge in [-0.25, -0.2) is 9.59 Å². The summed E-state index contributed by atoms with van der Waals surface area (Å²) in [6.45, 7) is 5.37. The molecule has 1 aromatic heterocycles. The largest absolute Gasteiger partial charge is 0.483 e. The molecular weight excluding hydrogens is 520 g/mol. The van der Waals surface area contributed by atoms with Crippen LogP contribution in [0.5, 0.6) is 5.75 Å². The molecule has 0 aliphatic carbocycles. The van der Waals surface area contributed by atoms with Crippen LogP contribution in [0, 0.1) is 0 Å². The summed E-state index contributed by atoms with van der Waals surface area (Å²) in [4.78, 5) is 39.2. The Morgan fingerprint density at radius 2 is 1.44 bits per heavy atom. The van der Waals surface area contributed by atoms with Crippen LogP contribution >= 0.6 is 0 Å². The normalized spacial score (nSPS) is 17.7. The maximum absolute atomic E-state index is 13.2. The zero-order chi connectivity index (χ0) is 29.0. The summed E-state index contributed by atoms with van der Waals surface area (Å²) >= 11 is 0. The van der Waals surface area contributed by atoms with E-state index in [2.05, 4.69) is 0 Å². The number of hydrogen-bond donors (Lipinski definition) is 0. The van der Waals surface area contributed by atoms with Crippen LogP contribution in [0.25, 0.3) is 23.1 Å². The smallest absolute Gasteiger partial charge is 0.331 e. The van der Waals surface area contributed by atoms with Crippen molar-refractivity contribution in [3.63, 3.8) is 0 Å². The number of aryl methyl sites for hydroxylation is 1. The van der Waals surface area contributed by atoms with Crippen LogP contribution in [0.3, 0.4) is 0 Å². The molecule has 7 nitrogen and oxygen atoms in total. The summed E-state index contributed by atoms with van der Waals surface area (Å²) in [5, 5.41) is 0.305. The Morgan fingerprint density at radius 1 is 0.854 bits per heavy atom. The third kappa shape index (κ3) is 6.14. The molecule has 0 saturated carbocycles. The number of rotatable bonds is 7. The lowest BCUT2D eigenvalue weighted by molar-refractivity contribution is -0.184. The number of benzene rings is 3. The van der Waals surface area contributed by atoms with Crippen LogP contribution in [0.2, 0.25) is 0 Å². The molecule has 0 fully saturated rings. The first-order valence-corrected chi connectivity index (χ1v) is 13.4. The van der Waals surface area contributed by atoms with Gasteiger partial charge in [-0.05, 0) is 49.3 Å². The minimum atomic E-state index is -1.13. The summed E-state index contributed by atoms with van der Waals surface area (Å²) in [6.07, 6.45) is 4.17. The molecule has 0 saturated heterocycles. The molecule has 0 spiro atoms. The number of ether oxygens (including phenoxy) is 3. The first-order valence-electron chi connectivity index (χ1n) is 13.4. The van der Waals surface area contributed by atoms with Crippen molar-refractivity contribution in [1.82, 2.24) is 0 Å². The topological polar surface area (TPSA) is 92.0 Å². The average molecular weight is 551 g/mol. The second-order valence-corrected chi connectivity index (χ2v) is 10.2. The lowest BCUT2D eigenvalue weighted by Gasteiger charge is -2.43. The second-order valence-electron chi connectivity index (χ2n) is 10.2. The van der Waals surface area contributed by atoms with Crippen LogP contribution in [0.1, 0.15) is 49.3 Å². The minimum Gasteiger partial charge on any atom is -0.483 e. The molecule has 2 heterocycles. The fourth-order valence-corrected chi connectivity index (χ4v) is 4.77. The maximum atomic E-state index is 13.2. The van der Waals surface area contributed by atoms with Gasteiger partial charge in [0.2, 0.25) is 0 Å². The Balaban J connectivity index is 1.57. The highest BCUT2D eigenvalue weighted by molar-refractivity contribution is 5.89. The Hall–Kier alpha value is -4.91. The molecule has 1 aliphatic heterocycles. The van der Waals surface area contributed by atoms with Crippen molar-refractivity contribution in [2.24, 2.45) is 0 Å². The van der Waals surface area contributed by atoms with E-state index in [0.717, 1.165) is 11.1 Å². The molecule has 0 amide bonds. The quantitative estimate of drug-likeness (QED) is 0.193. The number of fused-ring (bicyclic) bond motifs is 3. The van der Waals surface area contributed by atoms with E-state index in [1.807, 2.05) is 67.6 Å². The van der Waals surface area contributed by atoms with Gasteiger partial charge in [0.15, 0.2) is 17.6 Å². The van der Waals surface area contributed by atoms with Crippen molar-refractivity contribution < 1.29 is 28.2 Å². The number of carbonyl (C=O) groups excluding carboxylic acids is 2. The molecule has 4 aromatic rings. The summed E-state index contributed by atoms with van der Waals surface area (Å²) < 4.78 is 24.3. The van der Waals surface area contributed by atoms with Gasteiger partial charge in [-0.15, -0.1) is 0 Å². The third-order valence-electron chi connectivity index (χ3n) is 6.82. The standard InChI is InChI=1S/C34H30O7/c1-4-24-21-26(35)25-17-18-27-30(31(25)38-24)32(39-28(36)19-15-22-11-7-5-8-12-22)33(34(2,3)41-27)40-29(37)20-16-23-13-9-6-10-14-23/h5-21,32-33H,4H2,1-3H3/b19-15+,20-16+/t32-,33-/m1/s1. The Kier molecular flexibility index (Phi) is 7.88. The lowest BCUT2D eigenvalue weighted by Crippen LogP contribution is -2.52. The van der Waals surface area contributed by atoms with Crippen molar-refractivity contribution in [1.29, 1.82) is 0 Å². The van der Waals surface area contributed by atoms with E-state index < -0.39 is 29.7 Å². The van der Waals surface area contributed by atoms with Gasteiger partial charge in [0.1, 0.15) is 22.7 Å². The van der Waals surface area contributed by atoms with Crippen LogP contribution < -0.4 is 10.2 Å². The van der Waals surface area contributed by atoms with Gasteiger partial charge in [-0.2, -0.15) is 0 Å². The Morgan fingerprint density at radius 3 is 2.02 bits per heavy atom. The fourth-order valence-electron chi connectivity index (χ4n) is 4.77. The highest BCUT2D eigenvalue weighted by Crippen LogP contribution is 2.46. The van der Waals surface area contributed by atoms with Gasteiger partial charge in [0, 0.05) is 24.6 Å². The molecule has 0 unspecified atom stereocenters. The SMILES string of the molecule is CCc1cc(=O)c2ccc3c(c2o1)[C@@H](OC(=O)/C=C/c1ccccc1)[C@@H](OC(=O)/C=C/c1ccccc1)C(C)(C)O3. The molecule has 0 N–H and O–H groups in total. The van der Waals surface area contributed by atoms with Gasteiger partial charge in [0.05, 0.1) is 10.9 Å². The zero-order valence-electron chi connectivity index (χ0n) is 23.0. The molecule has 3 aromatic carbocycles. The van der Waals surface area contributed by atoms with Gasteiger partial charge < -0.3 is 18.6 Å². The first-order chi connectivity index (χ1) is 19.7. The monoisotopic (exact) mass is 550 g/mol. The Labute approximate surface area is 237 Å². The van der Waals surface area contributed by atoms with Crippen LogP contribution in [0.4, 0.5) is 0 Å². The summed E-state index contributed by atoms with van der Waals surface area (Å²) in [5.74, 6) is -0.463. The van der Waals surface area contributed by atoms with Crippen molar-refractivity contribution in [3.05, 3.63) is 124 Å². The molecule has 5 rings (SSSR count). The van der Waals surface area contributed by atoms with Gasteiger partial charge in [-0.3, -0.25) is 4.79 Å². The van der Waals surface area contributed by atoms with Crippen molar-refractivity contribution in [2.75, 3.05) is 0 Å². The minimum absolute atomic E-state index is 0.230. The Bertz CT molecular complexity index is 1680. The van der Waals surface area contributed by atoms with Crippen LogP contribution in [0.15, 0.2) is 100 Å². The molecule has 0 bridgehead atoms. The molecule has 0 radical (unpaired) electrons. The van der Waals surface area contributed by atoms with E-state index in [4.69, 9.17) is 18.6 Å². The molecular formula is C34H30O7. The highest BCUT2D eigenvalue weighted by atomic mass is 16.6. The van der Waals surface area contributed by atoms with E-state index in [9.17, 15) is 14.4 Å². The van der Waals surface area contributed by atoms with Crippen molar-refractivity contribution in [2.45, 2.75) is 45.0 Å². The van der Waals surface area contributed by atoms with Crippen LogP contribution in [-0.4, -0.2) is 23.6 Å². The van der Waals surface area contributed by atoms with Crippen molar-refractivity contribution >= 4 is 35.1 Å². The first kappa shape index (κ1) is 27.6. The van der Waals surface area contributed by atoms with Gasteiger partial charge in [0.25, 0.3) is 0 Å². The van der Waals surface area contributed by atoms with E-state index in [1.165, 1.54) is 18.2 Å². The predicted octanol–water partition coefficient (Wildman–Crippen LogP) is 6.45. The third-order valence-corrected chi connectivity index (χ3v) is 6.82. The van der Waals surface area contributed by atoms with E-state index >= 15 is 0 Å². The molecule has 208 valence electrons. The summed E-state index contributed by atoms with van der Waals surface area (Å²) in [6, 6.07) is 23.4. The highest BCUT2D eigenvalue weighted by Gasteiger charge is 2.50. The van der Waals surface area contributed by atoms with Gasteiger partial charge in [-0.1, -0.05) is 67.6 Å². The summed E-state index contributed by atoms with van der Waals surface area (Å²) in [7, 11) is 0. The second kappa shape index (κ2) is 11.7. The summed E-state index contributed by atoms with van der Waals surface area (Å²) in [5.41, 5.74) is 0.865. The van der Waals surface area contributed by atoms with Crippen molar-refractivity contribution in [3.8, 4) is 5.75 Å². The fraction of sp³-hybridized carbons (Fsp3) is 0.206. The average Bonchev–Trinajstić information content (AvgIpc) is 2.97. The molecule has 7 heteroatoms. The van der Waals surface area contributed by atoms with Crippen LogP contribution in [-0.2, 0) is 25.5 Å². The maximum Gasteiger partial charge on any atom is 0.331 e. The van der Waals surface area contributed by atoms with E-state index in [1.54, 1.807) is 38.1 Å². The number of hydrogen-bond acceptors (Lipinski definition) is 7. The number of esters is 2. The molecule has 41 heavy (non-hydrogen) atoms. The van der Waals surface area contributed by atoms with Gasteiger partial charge >= 0.3 is 11.9 Å². The zero-order valence-corrected chi connectivity index (χ0v) is 23.0.